The Morgan fingerprint density at radius 1 is 1.14 bits per heavy atom. The Morgan fingerprint density at radius 2 is 2.00 bits per heavy atom. The van der Waals surface area contributed by atoms with Crippen molar-refractivity contribution in [3.63, 3.8) is 0 Å². The van der Waals surface area contributed by atoms with E-state index in [2.05, 4.69) is 11.8 Å². The minimum Gasteiger partial charge on any atom is -0.481 e. The summed E-state index contributed by atoms with van der Waals surface area (Å²) in [6.45, 7) is 0.371. The molecule has 0 heterocycles. The van der Waals surface area contributed by atoms with Gasteiger partial charge < -0.3 is 9.84 Å². The average molecular weight is 278 g/mol. The Kier molecular flexibility index (Phi) is 4.23. The molecule has 1 aliphatic rings. The molecule has 2 nitrogen and oxygen atoms in total. The van der Waals surface area contributed by atoms with Crippen LogP contribution in [0.2, 0.25) is 0 Å². The molecule has 21 heavy (non-hydrogen) atoms. The number of benzene rings is 2. The number of aliphatic hydroxyl groups is 1. The van der Waals surface area contributed by atoms with E-state index >= 15 is 0 Å². The summed E-state index contributed by atoms with van der Waals surface area (Å²) < 4.78 is 5.67. The van der Waals surface area contributed by atoms with Crippen LogP contribution in [-0.2, 0) is 6.42 Å². The molecular formula is C19H18O2. The van der Waals surface area contributed by atoms with Crippen molar-refractivity contribution in [2.24, 2.45) is 0 Å². The number of rotatable bonds is 2. The standard InChI is InChI=1S/C19H18O2/c20-19-10-4-9-16-14-17(11-12-18(16)19)21-13-5-8-15-6-2-1-3-7-15/h1-3,6-7,11-12,14,19-20H,4,9-10,13H2. The van der Waals surface area contributed by atoms with Gasteiger partial charge in [-0.1, -0.05) is 36.1 Å². The monoisotopic (exact) mass is 278 g/mol. The van der Waals surface area contributed by atoms with Gasteiger partial charge in [0.15, 0.2) is 0 Å². The second-order valence-corrected chi connectivity index (χ2v) is 5.23. The topological polar surface area (TPSA) is 29.5 Å². The largest absolute Gasteiger partial charge is 0.481 e. The molecule has 0 saturated carbocycles. The maximum atomic E-state index is 9.93. The summed E-state index contributed by atoms with van der Waals surface area (Å²) in [5.41, 5.74) is 3.24. The highest BCUT2D eigenvalue weighted by Crippen LogP contribution is 2.31. The minimum absolute atomic E-state index is 0.319. The molecule has 2 heteroatoms. The maximum absolute atomic E-state index is 9.93. The third-order valence-electron chi connectivity index (χ3n) is 3.71. The van der Waals surface area contributed by atoms with Gasteiger partial charge in [0.25, 0.3) is 0 Å². The van der Waals surface area contributed by atoms with E-state index in [9.17, 15) is 5.11 Å². The molecular weight excluding hydrogens is 260 g/mol. The van der Waals surface area contributed by atoms with Crippen LogP contribution in [0.25, 0.3) is 0 Å². The van der Waals surface area contributed by atoms with Crippen molar-refractivity contribution in [1.82, 2.24) is 0 Å². The Hall–Kier alpha value is -2.24. The molecule has 3 rings (SSSR count). The SMILES string of the molecule is OC1CCCc2cc(OCC#Cc3ccccc3)ccc21. The summed E-state index contributed by atoms with van der Waals surface area (Å²) in [6.07, 6.45) is 2.58. The highest BCUT2D eigenvalue weighted by molar-refractivity contribution is 5.39. The molecule has 0 spiro atoms. The van der Waals surface area contributed by atoms with Gasteiger partial charge >= 0.3 is 0 Å². The van der Waals surface area contributed by atoms with Crippen LogP contribution in [0.5, 0.6) is 5.75 Å². The maximum Gasteiger partial charge on any atom is 0.149 e. The van der Waals surface area contributed by atoms with Crippen LogP contribution in [0.3, 0.4) is 0 Å². The average Bonchev–Trinajstić information content (AvgIpc) is 2.53. The fraction of sp³-hybridized carbons (Fsp3) is 0.263. The molecule has 0 bridgehead atoms. The van der Waals surface area contributed by atoms with Crippen molar-refractivity contribution < 1.29 is 9.84 Å². The molecule has 1 unspecified atom stereocenters. The van der Waals surface area contributed by atoms with Crippen LogP contribution in [-0.4, -0.2) is 11.7 Å². The zero-order valence-electron chi connectivity index (χ0n) is 11.9. The summed E-state index contributed by atoms with van der Waals surface area (Å²) in [5, 5.41) is 9.93. The Bertz CT molecular complexity index is 665. The van der Waals surface area contributed by atoms with Crippen molar-refractivity contribution >= 4 is 0 Å². The summed E-state index contributed by atoms with van der Waals surface area (Å²) in [4.78, 5) is 0. The second kappa shape index (κ2) is 6.47. The summed E-state index contributed by atoms with van der Waals surface area (Å²) in [5.74, 6) is 6.91. The number of ether oxygens (including phenoxy) is 1. The van der Waals surface area contributed by atoms with E-state index < -0.39 is 0 Å². The van der Waals surface area contributed by atoms with Crippen LogP contribution in [0.4, 0.5) is 0 Å². The number of hydrogen-bond donors (Lipinski definition) is 1. The third-order valence-corrected chi connectivity index (χ3v) is 3.71. The molecule has 1 atom stereocenters. The molecule has 2 aromatic rings. The summed E-state index contributed by atoms with van der Waals surface area (Å²) in [7, 11) is 0. The normalized spacial score (nSPS) is 16.5. The first-order chi connectivity index (χ1) is 10.3. The predicted molar refractivity (Wildman–Crippen MR) is 83.2 cm³/mol. The van der Waals surface area contributed by atoms with Gasteiger partial charge in [0.1, 0.15) is 12.4 Å². The van der Waals surface area contributed by atoms with E-state index in [0.29, 0.717) is 6.61 Å². The van der Waals surface area contributed by atoms with Crippen LogP contribution in [0, 0.1) is 11.8 Å². The van der Waals surface area contributed by atoms with Crippen LogP contribution >= 0.6 is 0 Å². The molecule has 2 aromatic carbocycles. The summed E-state index contributed by atoms with van der Waals surface area (Å²) >= 11 is 0. The Labute approximate surface area is 125 Å². The number of hydrogen-bond acceptors (Lipinski definition) is 2. The lowest BCUT2D eigenvalue weighted by Crippen LogP contribution is -2.09. The van der Waals surface area contributed by atoms with Crippen molar-refractivity contribution in [2.45, 2.75) is 25.4 Å². The van der Waals surface area contributed by atoms with Crippen molar-refractivity contribution in [3.05, 3.63) is 65.2 Å². The van der Waals surface area contributed by atoms with Gasteiger partial charge in [0.05, 0.1) is 6.10 Å². The molecule has 1 N–H and O–H groups in total. The number of fused-ring (bicyclic) bond motifs is 1. The zero-order chi connectivity index (χ0) is 14.5. The Morgan fingerprint density at radius 3 is 2.86 bits per heavy atom. The van der Waals surface area contributed by atoms with Gasteiger partial charge in [-0.05, 0) is 54.7 Å². The Balaban J connectivity index is 1.63. The molecule has 1 aliphatic carbocycles. The van der Waals surface area contributed by atoms with Gasteiger partial charge in [-0.15, -0.1) is 0 Å². The fourth-order valence-electron chi connectivity index (χ4n) is 2.63. The quantitative estimate of drug-likeness (QED) is 0.852. The van der Waals surface area contributed by atoms with Crippen LogP contribution < -0.4 is 4.74 Å². The van der Waals surface area contributed by atoms with Crippen molar-refractivity contribution in [2.75, 3.05) is 6.61 Å². The van der Waals surface area contributed by atoms with Gasteiger partial charge in [-0.3, -0.25) is 0 Å². The summed E-state index contributed by atoms with van der Waals surface area (Å²) in [6, 6.07) is 15.8. The van der Waals surface area contributed by atoms with Gasteiger partial charge in [0, 0.05) is 5.56 Å². The highest BCUT2D eigenvalue weighted by atomic mass is 16.5. The predicted octanol–water partition coefficient (Wildman–Crippen LogP) is 3.49. The lowest BCUT2D eigenvalue weighted by molar-refractivity contribution is 0.156. The molecule has 0 amide bonds. The lowest BCUT2D eigenvalue weighted by atomic mass is 9.89. The number of aliphatic hydroxyl groups excluding tert-OH is 1. The van der Waals surface area contributed by atoms with E-state index in [-0.39, 0.29) is 6.10 Å². The van der Waals surface area contributed by atoms with E-state index in [4.69, 9.17) is 4.74 Å². The molecule has 0 radical (unpaired) electrons. The van der Waals surface area contributed by atoms with Gasteiger partial charge in [-0.25, -0.2) is 0 Å². The fourth-order valence-corrected chi connectivity index (χ4v) is 2.63. The second-order valence-electron chi connectivity index (χ2n) is 5.23. The minimum atomic E-state index is -0.319. The van der Waals surface area contributed by atoms with Gasteiger partial charge in [0.2, 0.25) is 0 Å². The lowest BCUT2D eigenvalue weighted by Gasteiger charge is -2.21. The van der Waals surface area contributed by atoms with E-state index in [1.54, 1.807) is 0 Å². The molecule has 0 fully saturated rings. The third kappa shape index (κ3) is 3.45. The van der Waals surface area contributed by atoms with Crippen LogP contribution in [0.1, 0.15) is 35.6 Å². The molecule has 106 valence electrons. The first-order valence-electron chi connectivity index (χ1n) is 7.30. The molecule has 0 aromatic heterocycles. The molecule has 0 aliphatic heterocycles. The van der Waals surface area contributed by atoms with Crippen molar-refractivity contribution in [1.29, 1.82) is 0 Å². The first-order valence-corrected chi connectivity index (χ1v) is 7.30. The van der Waals surface area contributed by atoms with E-state index in [1.165, 1.54) is 5.56 Å². The van der Waals surface area contributed by atoms with E-state index in [1.807, 2.05) is 48.5 Å². The smallest absolute Gasteiger partial charge is 0.149 e. The first kappa shape index (κ1) is 13.7. The molecule has 0 saturated heterocycles. The van der Waals surface area contributed by atoms with Crippen molar-refractivity contribution in [3.8, 4) is 17.6 Å². The van der Waals surface area contributed by atoms with Crippen LogP contribution in [0.15, 0.2) is 48.5 Å². The van der Waals surface area contributed by atoms with Gasteiger partial charge in [-0.2, -0.15) is 0 Å². The highest BCUT2D eigenvalue weighted by Gasteiger charge is 2.17. The zero-order valence-corrected chi connectivity index (χ0v) is 11.9. The number of aryl methyl sites for hydroxylation is 1. The van der Waals surface area contributed by atoms with E-state index in [0.717, 1.165) is 36.1 Å².